The standard InChI is InChI=1S/C15H11F3O/c1-4-9-12-10(7(2)3)5-8(19)6-11(12)14(17)15(18)13(9)16/h1,5-7,19H,2-3H3. The van der Waals surface area contributed by atoms with Crippen LogP contribution < -0.4 is 0 Å². The third kappa shape index (κ3) is 1.91. The van der Waals surface area contributed by atoms with Crippen molar-refractivity contribution >= 4 is 10.8 Å². The van der Waals surface area contributed by atoms with E-state index in [1.54, 1.807) is 13.8 Å². The molecule has 0 bridgehead atoms. The summed E-state index contributed by atoms with van der Waals surface area (Å²) in [5, 5.41) is 9.49. The fraction of sp³-hybridized carbons (Fsp3) is 0.200. The topological polar surface area (TPSA) is 20.2 Å². The average Bonchev–Trinajstić information content (AvgIpc) is 2.36. The van der Waals surface area contributed by atoms with E-state index in [9.17, 15) is 18.3 Å². The zero-order valence-corrected chi connectivity index (χ0v) is 10.4. The summed E-state index contributed by atoms with van der Waals surface area (Å²) in [4.78, 5) is 0. The number of terminal acetylenes is 1. The molecular weight excluding hydrogens is 253 g/mol. The van der Waals surface area contributed by atoms with Gasteiger partial charge in [-0.15, -0.1) is 6.42 Å². The van der Waals surface area contributed by atoms with Crippen LogP contribution in [0.4, 0.5) is 13.2 Å². The zero-order chi connectivity index (χ0) is 14.3. The minimum atomic E-state index is -1.62. The first-order valence-corrected chi connectivity index (χ1v) is 5.68. The molecule has 0 heterocycles. The summed E-state index contributed by atoms with van der Waals surface area (Å²) < 4.78 is 41.0. The van der Waals surface area contributed by atoms with Crippen LogP contribution in [-0.2, 0) is 0 Å². The molecule has 0 aliphatic carbocycles. The average molecular weight is 264 g/mol. The summed E-state index contributed by atoms with van der Waals surface area (Å²) in [5.74, 6) is -2.64. The van der Waals surface area contributed by atoms with Gasteiger partial charge in [-0.05, 0) is 23.6 Å². The Morgan fingerprint density at radius 1 is 1.11 bits per heavy atom. The summed E-state index contributed by atoms with van der Waals surface area (Å²) in [5.41, 5.74) is 0.151. The number of rotatable bonds is 1. The molecule has 1 N–H and O–H groups in total. The van der Waals surface area contributed by atoms with Crippen molar-refractivity contribution < 1.29 is 18.3 Å². The maximum Gasteiger partial charge on any atom is 0.196 e. The smallest absolute Gasteiger partial charge is 0.196 e. The Kier molecular flexibility index (Phi) is 3.15. The molecule has 0 atom stereocenters. The van der Waals surface area contributed by atoms with Crippen LogP contribution in [-0.4, -0.2) is 5.11 Å². The highest BCUT2D eigenvalue weighted by Gasteiger charge is 2.22. The number of aromatic hydroxyl groups is 1. The molecule has 0 saturated carbocycles. The van der Waals surface area contributed by atoms with E-state index in [4.69, 9.17) is 6.42 Å². The number of phenols is 1. The predicted molar refractivity (Wildman–Crippen MR) is 67.5 cm³/mol. The lowest BCUT2D eigenvalue weighted by Crippen LogP contribution is -2.01. The molecule has 0 saturated heterocycles. The molecule has 2 aromatic rings. The van der Waals surface area contributed by atoms with Gasteiger partial charge in [-0.3, -0.25) is 0 Å². The van der Waals surface area contributed by atoms with E-state index >= 15 is 0 Å². The van der Waals surface area contributed by atoms with Crippen LogP contribution in [0.5, 0.6) is 5.75 Å². The lowest BCUT2D eigenvalue weighted by Gasteiger charge is -2.14. The molecule has 0 aromatic heterocycles. The van der Waals surface area contributed by atoms with Gasteiger partial charge in [0.05, 0.1) is 5.56 Å². The van der Waals surface area contributed by atoms with Gasteiger partial charge in [0.2, 0.25) is 0 Å². The van der Waals surface area contributed by atoms with E-state index < -0.39 is 17.5 Å². The monoisotopic (exact) mass is 264 g/mol. The highest BCUT2D eigenvalue weighted by Crippen LogP contribution is 2.36. The molecular formula is C15H11F3O. The first-order valence-electron chi connectivity index (χ1n) is 5.68. The molecule has 2 aromatic carbocycles. The van der Waals surface area contributed by atoms with E-state index in [1.807, 2.05) is 0 Å². The van der Waals surface area contributed by atoms with E-state index in [2.05, 4.69) is 5.92 Å². The minimum absolute atomic E-state index is 0.131. The van der Waals surface area contributed by atoms with Crippen LogP contribution in [0.25, 0.3) is 10.8 Å². The van der Waals surface area contributed by atoms with Crippen LogP contribution in [0, 0.1) is 29.8 Å². The number of halogens is 3. The lowest BCUT2D eigenvalue weighted by molar-refractivity contribution is 0.450. The SMILES string of the molecule is C#Cc1c(F)c(F)c(F)c2cc(O)cc(C(C)C)c12. The van der Waals surface area contributed by atoms with Crippen LogP contribution in [0.15, 0.2) is 12.1 Å². The Morgan fingerprint density at radius 3 is 2.26 bits per heavy atom. The highest BCUT2D eigenvalue weighted by atomic mass is 19.2. The molecule has 19 heavy (non-hydrogen) atoms. The lowest BCUT2D eigenvalue weighted by atomic mass is 9.91. The summed E-state index contributed by atoms with van der Waals surface area (Å²) in [6.07, 6.45) is 5.20. The molecule has 0 unspecified atom stereocenters. The Balaban J connectivity index is 3.12. The molecule has 0 aliphatic heterocycles. The van der Waals surface area contributed by atoms with Gasteiger partial charge in [-0.2, -0.15) is 0 Å². The van der Waals surface area contributed by atoms with E-state index in [-0.39, 0.29) is 28.0 Å². The molecule has 0 fully saturated rings. The largest absolute Gasteiger partial charge is 0.508 e. The maximum atomic E-state index is 13.8. The van der Waals surface area contributed by atoms with Crippen molar-refractivity contribution in [3.63, 3.8) is 0 Å². The molecule has 4 heteroatoms. The number of fused-ring (bicyclic) bond motifs is 1. The first-order chi connectivity index (χ1) is 8.88. The molecule has 98 valence electrons. The van der Waals surface area contributed by atoms with Gasteiger partial charge in [0.25, 0.3) is 0 Å². The molecule has 0 aliphatic rings. The van der Waals surface area contributed by atoms with Crippen molar-refractivity contribution in [2.75, 3.05) is 0 Å². The third-order valence-corrected chi connectivity index (χ3v) is 3.01. The Labute approximate surface area is 108 Å². The Morgan fingerprint density at radius 2 is 1.74 bits per heavy atom. The maximum absolute atomic E-state index is 13.8. The second-order valence-corrected chi connectivity index (χ2v) is 4.57. The number of hydrogen-bond donors (Lipinski definition) is 1. The number of hydrogen-bond acceptors (Lipinski definition) is 1. The van der Waals surface area contributed by atoms with Crippen molar-refractivity contribution in [2.45, 2.75) is 19.8 Å². The summed E-state index contributed by atoms with van der Waals surface area (Å²) in [6, 6.07) is 2.42. The van der Waals surface area contributed by atoms with Gasteiger partial charge in [0, 0.05) is 10.8 Å². The molecule has 2 rings (SSSR count). The number of benzene rings is 2. The highest BCUT2D eigenvalue weighted by molar-refractivity contribution is 5.93. The zero-order valence-electron chi connectivity index (χ0n) is 10.4. The fourth-order valence-corrected chi connectivity index (χ4v) is 2.13. The van der Waals surface area contributed by atoms with Gasteiger partial charge >= 0.3 is 0 Å². The van der Waals surface area contributed by atoms with Crippen LogP contribution in [0.1, 0.15) is 30.9 Å². The van der Waals surface area contributed by atoms with E-state index in [0.29, 0.717) is 5.56 Å². The van der Waals surface area contributed by atoms with Gasteiger partial charge in [-0.25, -0.2) is 13.2 Å². The summed E-state index contributed by atoms with van der Waals surface area (Å²) in [7, 11) is 0. The Bertz CT molecular complexity index is 712. The quantitative estimate of drug-likeness (QED) is 0.608. The molecule has 0 spiro atoms. The third-order valence-electron chi connectivity index (χ3n) is 3.01. The predicted octanol–water partition coefficient (Wildman–Crippen LogP) is 4.07. The van der Waals surface area contributed by atoms with Crippen LogP contribution >= 0.6 is 0 Å². The van der Waals surface area contributed by atoms with Crippen molar-refractivity contribution in [3.05, 3.63) is 40.7 Å². The van der Waals surface area contributed by atoms with E-state index in [0.717, 1.165) is 6.07 Å². The minimum Gasteiger partial charge on any atom is -0.508 e. The Hall–Kier alpha value is -2.15. The van der Waals surface area contributed by atoms with Crippen molar-refractivity contribution in [3.8, 4) is 18.1 Å². The number of phenolic OH excluding ortho intramolecular Hbond substituents is 1. The summed E-state index contributed by atoms with van der Waals surface area (Å²) in [6.45, 7) is 3.57. The summed E-state index contributed by atoms with van der Waals surface area (Å²) >= 11 is 0. The van der Waals surface area contributed by atoms with Gasteiger partial charge in [0.15, 0.2) is 17.5 Å². The van der Waals surface area contributed by atoms with Crippen LogP contribution in [0.2, 0.25) is 0 Å². The van der Waals surface area contributed by atoms with Crippen molar-refractivity contribution in [2.24, 2.45) is 0 Å². The van der Waals surface area contributed by atoms with Gasteiger partial charge < -0.3 is 5.11 Å². The van der Waals surface area contributed by atoms with E-state index in [1.165, 1.54) is 6.07 Å². The molecule has 0 amide bonds. The normalized spacial score (nSPS) is 11.0. The second-order valence-electron chi connectivity index (χ2n) is 4.57. The van der Waals surface area contributed by atoms with Gasteiger partial charge in [-0.1, -0.05) is 19.8 Å². The van der Waals surface area contributed by atoms with Gasteiger partial charge in [0.1, 0.15) is 5.75 Å². The molecule has 0 radical (unpaired) electrons. The first kappa shape index (κ1) is 13.3. The van der Waals surface area contributed by atoms with Crippen LogP contribution in [0.3, 0.4) is 0 Å². The fourth-order valence-electron chi connectivity index (χ4n) is 2.13. The van der Waals surface area contributed by atoms with Crippen molar-refractivity contribution in [1.29, 1.82) is 0 Å². The second kappa shape index (κ2) is 4.51. The molecule has 1 nitrogen and oxygen atoms in total. The van der Waals surface area contributed by atoms with Crippen molar-refractivity contribution in [1.82, 2.24) is 0 Å².